The fourth-order valence-electron chi connectivity index (χ4n) is 1.32. The van der Waals surface area contributed by atoms with Crippen LogP contribution < -0.4 is 14.2 Å². The van der Waals surface area contributed by atoms with E-state index in [0.717, 1.165) is 18.6 Å². The van der Waals surface area contributed by atoms with Crippen LogP contribution in [0.25, 0.3) is 0 Å². The summed E-state index contributed by atoms with van der Waals surface area (Å²) in [5.74, 6) is 2.17. The number of hydrogen-bond donors (Lipinski definition) is 0. The molecule has 0 heterocycles. The largest absolute Gasteiger partial charge is 0.493 e. The molecule has 3 heteroatoms. The second-order valence-electron chi connectivity index (χ2n) is 3.31. The van der Waals surface area contributed by atoms with Crippen LogP contribution in [0.15, 0.2) is 18.2 Å². The van der Waals surface area contributed by atoms with Crippen LogP contribution in [0.5, 0.6) is 17.2 Å². The van der Waals surface area contributed by atoms with Crippen molar-refractivity contribution in [3.8, 4) is 17.2 Å². The predicted molar refractivity (Wildman–Crippen MR) is 53.2 cm³/mol. The van der Waals surface area contributed by atoms with Gasteiger partial charge in [-0.2, -0.15) is 0 Å². The summed E-state index contributed by atoms with van der Waals surface area (Å²) in [5, 5.41) is 0. The van der Waals surface area contributed by atoms with Crippen LogP contribution in [0.1, 0.15) is 12.8 Å². The van der Waals surface area contributed by atoms with Crippen molar-refractivity contribution in [2.75, 3.05) is 14.2 Å². The van der Waals surface area contributed by atoms with E-state index in [9.17, 15) is 0 Å². The van der Waals surface area contributed by atoms with Crippen LogP contribution in [0.3, 0.4) is 0 Å². The first-order valence-corrected chi connectivity index (χ1v) is 4.73. The summed E-state index contributed by atoms with van der Waals surface area (Å²) in [6, 6.07) is 5.66. The van der Waals surface area contributed by atoms with Crippen molar-refractivity contribution >= 4 is 0 Å². The van der Waals surface area contributed by atoms with E-state index in [1.54, 1.807) is 14.2 Å². The first kappa shape index (κ1) is 9.19. The third kappa shape index (κ3) is 1.76. The number of benzene rings is 1. The average molecular weight is 194 g/mol. The van der Waals surface area contributed by atoms with Crippen LogP contribution in [0.2, 0.25) is 0 Å². The molecule has 0 amide bonds. The fraction of sp³-hybridized carbons (Fsp3) is 0.455. The Bertz CT molecular complexity index is 318. The van der Waals surface area contributed by atoms with Crippen molar-refractivity contribution in [1.29, 1.82) is 0 Å². The topological polar surface area (TPSA) is 27.7 Å². The highest BCUT2D eigenvalue weighted by Crippen LogP contribution is 2.39. The molecule has 0 bridgehead atoms. The van der Waals surface area contributed by atoms with Gasteiger partial charge in [0.25, 0.3) is 0 Å². The molecule has 2 rings (SSSR count). The molecule has 76 valence electrons. The number of hydrogen-bond acceptors (Lipinski definition) is 3. The minimum absolute atomic E-state index is 0.371. The standard InChI is InChI=1S/C11H14O3/c1-12-9-4-3-5-10(11(9)13-2)14-8-6-7-8/h3-5,8H,6-7H2,1-2H3. The summed E-state index contributed by atoms with van der Waals surface area (Å²) >= 11 is 0. The lowest BCUT2D eigenvalue weighted by atomic mass is 10.3. The van der Waals surface area contributed by atoms with Crippen LogP contribution in [0, 0.1) is 0 Å². The Balaban J connectivity index is 2.26. The van der Waals surface area contributed by atoms with Crippen molar-refractivity contribution in [3.05, 3.63) is 18.2 Å². The number of para-hydroxylation sites is 1. The molecule has 0 N–H and O–H groups in total. The van der Waals surface area contributed by atoms with Crippen LogP contribution in [-0.2, 0) is 0 Å². The molecule has 0 radical (unpaired) electrons. The zero-order valence-corrected chi connectivity index (χ0v) is 8.45. The van der Waals surface area contributed by atoms with Crippen LogP contribution >= 0.6 is 0 Å². The average Bonchev–Trinajstić information content (AvgIpc) is 3.01. The zero-order chi connectivity index (χ0) is 9.97. The highest BCUT2D eigenvalue weighted by Gasteiger charge is 2.25. The molecule has 0 aliphatic heterocycles. The van der Waals surface area contributed by atoms with Crippen LogP contribution in [0.4, 0.5) is 0 Å². The first-order valence-electron chi connectivity index (χ1n) is 4.73. The van der Waals surface area contributed by atoms with Gasteiger partial charge in [0.2, 0.25) is 5.75 Å². The number of rotatable bonds is 4. The van der Waals surface area contributed by atoms with E-state index < -0.39 is 0 Å². The summed E-state index contributed by atoms with van der Waals surface area (Å²) < 4.78 is 16.1. The Labute approximate surface area is 83.6 Å². The van der Waals surface area contributed by atoms with Crippen molar-refractivity contribution in [3.63, 3.8) is 0 Å². The lowest BCUT2D eigenvalue weighted by molar-refractivity contribution is 0.273. The molecule has 14 heavy (non-hydrogen) atoms. The maximum atomic E-state index is 5.68. The molecule has 1 aliphatic rings. The van der Waals surface area contributed by atoms with Crippen molar-refractivity contribution in [2.24, 2.45) is 0 Å². The van der Waals surface area contributed by atoms with Gasteiger partial charge in [-0.15, -0.1) is 0 Å². The van der Waals surface area contributed by atoms with E-state index in [4.69, 9.17) is 14.2 Å². The Morgan fingerprint density at radius 1 is 1.07 bits per heavy atom. The summed E-state index contributed by atoms with van der Waals surface area (Å²) in [6.07, 6.45) is 2.65. The van der Waals surface area contributed by atoms with Gasteiger partial charge in [0.1, 0.15) is 0 Å². The van der Waals surface area contributed by atoms with Gasteiger partial charge >= 0.3 is 0 Å². The summed E-state index contributed by atoms with van der Waals surface area (Å²) in [4.78, 5) is 0. The summed E-state index contributed by atoms with van der Waals surface area (Å²) in [5.41, 5.74) is 0. The van der Waals surface area contributed by atoms with E-state index in [-0.39, 0.29) is 0 Å². The summed E-state index contributed by atoms with van der Waals surface area (Å²) in [7, 11) is 3.25. The minimum atomic E-state index is 0.371. The van der Waals surface area contributed by atoms with Gasteiger partial charge in [-0.25, -0.2) is 0 Å². The quantitative estimate of drug-likeness (QED) is 0.735. The molecule has 0 unspecified atom stereocenters. The van der Waals surface area contributed by atoms with E-state index >= 15 is 0 Å². The maximum absolute atomic E-state index is 5.68. The molecular formula is C11H14O3. The number of methoxy groups -OCH3 is 2. The number of ether oxygens (including phenoxy) is 3. The lowest BCUT2D eigenvalue weighted by Gasteiger charge is -2.12. The molecule has 3 nitrogen and oxygen atoms in total. The van der Waals surface area contributed by atoms with E-state index in [0.29, 0.717) is 17.6 Å². The molecule has 1 aromatic carbocycles. The Hall–Kier alpha value is -1.38. The second-order valence-corrected chi connectivity index (χ2v) is 3.31. The Morgan fingerprint density at radius 3 is 2.36 bits per heavy atom. The molecule has 0 spiro atoms. The normalized spacial score (nSPS) is 15.0. The monoisotopic (exact) mass is 194 g/mol. The highest BCUT2D eigenvalue weighted by atomic mass is 16.5. The van der Waals surface area contributed by atoms with Crippen molar-refractivity contribution < 1.29 is 14.2 Å². The smallest absolute Gasteiger partial charge is 0.203 e. The predicted octanol–water partition coefficient (Wildman–Crippen LogP) is 2.25. The SMILES string of the molecule is COc1cccc(OC2CC2)c1OC. The van der Waals surface area contributed by atoms with Gasteiger partial charge in [0, 0.05) is 0 Å². The van der Waals surface area contributed by atoms with E-state index in [1.165, 1.54) is 0 Å². The van der Waals surface area contributed by atoms with Crippen molar-refractivity contribution in [2.45, 2.75) is 18.9 Å². The molecule has 0 aromatic heterocycles. The second kappa shape index (κ2) is 3.78. The highest BCUT2D eigenvalue weighted by molar-refractivity contribution is 5.51. The molecule has 0 saturated heterocycles. The molecule has 1 fully saturated rings. The molecule has 1 aliphatic carbocycles. The Morgan fingerprint density at radius 2 is 1.79 bits per heavy atom. The Kier molecular flexibility index (Phi) is 2.48. The van der Waals surface area contributed by atoms with E-state index in [2.05, 4.69) is 0 Å². The molecule has 0 atom stereocenters. The van der Waals surface area contributed by atoms with E-state index in [1.807, 2.05) is 18.2 Å². The van der Waals surface area contributed by atoms with Gasteiger partial charge in [0.15, 0.2) is 11.5 Å². The maximum Gasteiger partial charge on any atom is 0.203 e. The van der Waals surface area contributed by atoms with Gasteiger partial charge in [-0.1, -0.05) is 6.07 Å². The third-order valence-corrected chi connectivity index (χ3v) is 2.18. The minimum Gasteiger partial charge on any atom is -0.493 e. The van der Waals surface area contributed by atoms with Gasteiger partial charge in [-0.3, -0.25) is 0 Å². The first-order chi connectivity index (χ1) is 6.85. The zero-order valence-electron chi connectivity index (χ0n) is 8.45. The molecule has 1 aromatic rings. The van der Waals surface area contributed by atoms with Gasteiger partial charge < -0.3 is 14.2 Å². The fourth-order valence-corrected chi connectivity index (χ4v) is 1.32. The molecule has 1 saturated carbocycles. The van der Waals surface area contributed by atoms with Gasteiger partial charge in [0.05, 0.1) is 20.3 Å². The van der Waals surface area contributed by atoms with Gasteiger partial charge in [-0.05, 0) is 25.0 Å². The third-order valence-electron chi connectivity index (χ3n) is 2.18. The molecular weight excluding hydrogens is 180 g/mol. The van der Waals surface area contributed by atoms with Crippen LogP contribution in [-0.4, -0.2) is 20.3 Å². The lowest BCUT2D eigenvalue weighted by Crippen LogP contribution is -1.99. The summed E-state index contributed by atoms with van der Waals surface area (Å²) in [6.45, 7) is 0. The van der Waals surface area contributed by atoms with Crippen molar-refractivity contribution in [1.82, 2.24) is 0 Å².